The summed E-state index contributed by atoms with van der Waals surface area (Å²) in [5.74, 6) is 0.661. The lowest BCUT2D eigenvalue weighted by Gasteiger charge is -2.14. The van der Waals surface area contributed by atoms with E-state index in [4.69, 9.17) is 10.6 Å². The zero-order valence-corrected chi connectivity index (χ0v) is 8.29. The topological polar surface area (TPSA) is 55.5 Å². The fourth-order valence-corrected chi connectivity index (χ4v) is 1.08. The van der Waals surface area contributed by atoms with Crippen molar-refractivity contribution in [2.45, 2.75) is 32.8 Å². The Morgan fingerprint density at radius 1 is 1.62 bits per heavy atom. The van der Waals surface area contributed by atoms with Crippen molar-refractivity contribution in [2.24, 2.45) is 0 Å². The summed E-state index contributed by atoms with van der Waals surface area (Å²) in [5, 5.41) is 12.9. The van der Waals surface area contributed by atoms with Crippen LogP contribution in [-0.4, -0.2) is 17.4 Å². The molecule has 1 heterocycles. The van der Waals surface area contributed by atoms with Crippen LogP contribution in [0.25, 0.3) is 0 Å². The summed E-state index contributed by atoms with van der Waals surface area (Å²) in [6, 6.07) is 0. The first kappa shape index (κ1) is 8.56. The van der Waals surface area contributed by atoms with Crippen LogP contribution in [0.3, 0.4) is 0 Å². The van der Waals surface area contributed by atoms with Gasteiger partial charge in [0.15, 0.2) is 5.76 Å². The molecule has 0 fully saturated rings. The van der Waals surface area contributed by atoms with Gasteiger partial charge in [-0.05, 0) is 5.16 Å². The standard InChI is InChI=1S/C9H15NO3/c1-9(2,3)7-6(5-11)8(12-4)10-13-7/h11H,5H2,1-4H3/i5D. The zero-order valence-electron chi connectivity index (χ0n) is 9.29. The van der Waals surface area contributed by atoms with Crippen molar-refractivity contribution in [1.29, 1.82) is 0 Å². The first-order valence-electron chi connectivity index (χ1n) is 4.60. The van der Waals surface area contributed by atoms with E-state index in [9.17, 15) is 5.11 Å². The molecule has 0 radical (unpaired) electrons. The van der Waals surface area contributed by atoms with Gasteiger partial charge in [0.05, 0.1) is 20.6 Å². The summed E-state index contributed by atoms with van der Waals surface area (Å²) < 4.78 is 17.2. The Kier molecular flexibility index (Phi) is 2.22. The second kappa shape index (κ2) is 3.38. The molecule has 74 valence electrons. The molecule has 0 bridgehead atoms. The normalized spacial score (nSPS) is 15.3. The Bertz CT molecular complexity index is 314. The maximum Gasteiger partial charge on any atom is 0.259 e. The number of rotatable bonds is 2. The van der Waals surface area contributed by atoms with E-state index in [-0.39, 0.29) is 11.3 Å². The lowest BCUT2D eigenvalue weighted by atomic mass is 9.90. The van der Waals surface area contributed by atoms with Gasteiger partial charge in [-0.25, -0.2) is 0 Å². The number of ether oxygens (including phenoxy) is 1. The van der Waals surface area contributed by atoms with Crippen LogP contribution in [0.2, 0.25) is 0 Å². The van der Waals surface area contributed by atoms with Gasteiger partial charge in [0, 0.05) is 5.41 Å². The Morgan fingerprint density at radius 3 is 2.62 bits per heavy atom. The minimum absolute atomic E-state index is 0.178. The summed E-state index contributed by atoms with van der Waals surface area (Å²) in [5.41, 5.74) is 0.00113. The van der Waals surface area contributed by atoms with Crippen LogP contribution in [-0.2, 0) is 12.0 Å². The third kappa shape index (κ3) is 1.83. The Hall–Kier alpha value is -1.03. The summed E-state index contributed by atoms with van der Waals surface area (Å²) >= 11 is 0. The molecule has 1 aromatic rings. The SMILES string of the molecule is [2H]C(O)c1c(OC)noc1C(C)(C)C. The number of aromatic nitrogens is 1. The third-order valence-electron chi connectivity index (χ3n) is 1.70. The highest BCUT2D eigenvalue weighted by atomic mass is 16.5. The molecule has 1 rings (SSSR count). The maximum atomic E-state index is 9.26. The second-order valence-electron chi connectivity index (χ2n) is 3.81. The third-order valence-corrected chi connectivity index (χ3v) is 1.70. The fraction of sp³-hybridized carbons (Fsp3) is 0.667. The summed E-state index contributed by atoms with van der Waals surface area (Å²) in [7, 11) is 1.43. The molecular weight excluding hydrogens is 170 g/mol. The minimum atomic E-state index is -1.38. The van der Waals surface area contributed by atoms with Crippen LogP contribution >= 0.6 is 0 Å². The number of hydrogen-bond donors (Lipinski definition) is 1. The molecule has 0 saturated heterocycles. The maximum absolute atomic E-state index is 9.26. The molecule has 13 heavy (non-hydrogen) atoms. The molecule has 1 N–H and O–H groups in total. The van der Waals surface area contributed by atoms with Crippen molar-refractivity contribution in [3.8, 4) is 5.88 Å². The molecule has 0 aliphatic carbocycles. The van der Waals surface area contributed by atoms with Gasteiger partial charge >= 0.3 is 0 Å². The van der Waals surface area contributed by atoms with E-state index < -0.39 is 6.58 Å². The van der Waals surface area contributed by atoms with Crippen LogP contribution in [0.5, 0.6) is 5.88 Å². The monoisotopic (exact) mass is 186 g/mol. The predicted octanol–water partition coefficient (Wildman–Crippen LogP) is 1.47. The van der Waals surface area contributed by atoms with Crippen molar-refractivity contribution < 1.29 is 15.7 Å². The van der Waals surface area contributed by atoms with Crippen molar-refractivity contribution in [2.75, 3.05) is 7.11 Å². The van der Waals surface area contributed by atoms with E-state index in [1.54, 1.807) is 0 Å². The lowest BCUT2D eigenvalue weighted by Crippen LogP contribution is -2.12. The molecule has 1 unspecified atom stereocenters. The Morgan fingerprint density at radius 2 is 2.23 bits per heavy atom. The molecule has 0 aromatic carbocycles. The second-order valence-corrected chi connectivity index (χ2v) is 3.81. The number of aliphatic hydroxyl groups excluding tert-OH is 1. The van der Waals surface area contributed by atoms with Crippen LogP contribution in [0.4, 0.5) is 0 Å². The van der Waals surface area contributed by atoms with Crippen LogP contribution in [0.15, 0.2) is 4.52 Å². The molecule has 4 heteroatoms. The predicted molar refractivity (Wildman–Crippen MR) is 47.7 cm³/mol. The van der Waals surface area contributed by atoms with Gasteiger partial charge in [-0.15, -0.1) is 0 Å². The van der Waals surface area contributed by atoms with Crippen LogP contribution in [0, 0.1) is 0 Å². The summed E-state index contributed by atoms with van der Waals surface area (Å²) in [6.07, 6.45) is 0. The Balaban J connectivity index is 3.25. The number of nitrogens with zero attached hydrogens (tertiary/aromatic N) is 1. The summed E-state index contributed by atoms with van der Waals surface area (Å²) in [6.45, 7) is 4.36. The van der Waals surface area contributed by atoms with Gasteiger partial charge in [-0.2, -0.15) is 0 Å². The highest BCUT2D eigenvalue weighted by Gasteiger charge is 2.26. The van der Waals surface area contributed by atoms with E-state index in [0.29, 0.717) is 11.3 Å². The average molecular weight is 186 g/mol. The van der Waals surface area contributed by atoms with Gasteiger partial charge in [0.2, 0.25) is 0 Å². The first-order chi connectivity index (χ1) is 6.38. The molecule has 4 nitrogen and oxygen atoms in total. The number of methoxy groups -OCH3 is 1. The lowest BCUT2D eigenvalue weighted by molar-refractivity contribution is 0.267. The molecule has 1 atom stereocenters. The molecule has 0 aliphatic rings. The minimum Gasteiger partial charge on any atom is -0.479 e. The van der Waals surface area contributed by atoms with Crippen molar-refractivity contribution >= 4 is 0 Å². The molecule has 0 aliphatic heterocycles. The van der Waals surface area contributed by atoms with Gasteiger partial charge in [-0.3, -0.25) is 0 Å². The van der Waals surface area contributed by atoms with Crippen LogP contribution in [0.1, 0.15) is 33.5 Å². The smallest absolute Gasteiger partial charge is 0.259 e. The molecule has 1 aromatic heterocycles. The number of hydrogen-bond acceptors (Lipinski definition) is 4. The van der Waals surface area contributed by atoms with Gasteiger partial charge in [0.1, 0.15) is 0 Å². The van der Waals surface area contributed by atoms with Crippen molar-refractivity contribution in [1.82, 2.24) is 5.16 Å². The zero-order chi connectivity index (χ0) is 10.9. The number of aliphatic hydroxyl groups is 1. The first-order valence-corrected chi connectivity index (χ1v) is 4.02. The van der Waals surface area contributed by atoms with Gasteiger partial charge in [-0.1, -0.05) is 20.8 Å². The Labute approximate surface area is 78.9 Å². The van der Waals surface area contributed by atoms with E-state index in [1.165, 1.54) is 7.11 Å². The van der Waals surface area contributed by atoms with Gasteiger partial charge in [0.25, 0.3) is 5.88 Å². The van der Waals surface area contributed by atoms with E-state index in [1.807, 2.05) is 20.8 Å². The van der Waals surface area contributed by atoms with Crippen molar-refractivity contribution in [3.05, 3.63) is 11.3 Å². The summed E-state index contributed by atoms with van der Waals surface area (Å²) in [4.78, 5) is 0. The highest BCUT2D eigenvalue weighted by Crippen LogP contribution is 2.31. The molecule has 0 spiro atoms. The van der Waals surface area contributed by atoms with Crippen LogP contribution < -0.4 is 4.74 Å². The largest absolute Gasteiger partial charge is 0.479 e. The molecule has 0 saturated carbocycles. The molecular formula is C9H15NO3. The van der Waals surface area contributed by atoms with E-state index >= 15 is 0 Å². The van der Waals surface area contributed by atoms with Crippen molar-refractivity contribution in [3.63, 3.8) is 0 Å². The van der Waals surface area contributed by atoms with E-state index in [2.05, 4.69) is 5.16 Å². The quantitative estimate of drug-likeness (QED) is 0.760. The van der Waals surface area contributed by atoms with Gasteiger partial charge < -0.3 is 14.4 Å². The van der Waals surface area contributed by atoms with E-state index in [0.717, 1.165) is 0 Å². The highest BCUT2D eigenvalue weighted by molar-refractivity contribution is 5.31. The average Bonchev–Trinajstić information content (AvgIpc) is 2.45. The fourth-order valence-electron chi connectivity index (χ4n) is 1.08. The molecule has 0 amide bonds.